The summed E-state index contributed by atoms with van der Waals surface area (Å²) in [6, 6.07) is 8.39. The average Bonchev–Trinajstić information content (AvgIpc) is 3.13. The Hall–Kier alpha value is -2.20. The molecule has 0 radical (unpaired) electrons. The molecule has 0 bridgehead atoms. The predicted octanol–water partition coefficient (Wildman–Crippen LogP) is 5.25. The van der Waals surface area contributed by atoms with Gasteiger partial charge in [-0.05, 0) is 84.0 Å². The smallest absolute Gasteiger partial charge is 0.303 e. The summed E-state index contributed by atoms with van der Waals surface area (Å²) >= 11 is 8.20. The summed E-state index contributed by atoms with van der Waals surface area (Å²) in [7, 11) is 0. The highest BCUT2D eigenvalue weighted by atomic mass is 127. The van der Waals surface area contributed by atoms with Crippen molar-refractivity contribution in [3.05, 3.63) is 62.1 Å². The van der Waals surface area contributed by atoms with E-state index in [4.69, 9.17) is 16.7 Å². The van der Waals surface area contributed by atoms with Crippen molar-refractivity contribution in [2.45, 2.75) is 44.7 Å². The van der Waals surface area contributed by atoms with Gasteiger partial charge >= 0.3 is 5.97 Å². The first kappa shape index (κ1) is 23.0. The van der Waals surface area contributed by atoms with Crippen LogP contribution in [0.5, 0.6) is 0 Å². The average molecular weight is 570 g/mol. The van der Waals surface area contributed by atoms with Gasteiger partial charge in [0.05, 0.1) is 23.8 Å². The largest absolute Gasteiger partial charge is 0.481 e. The third kappa shape index (κ3) is 5.23. The van der Waals surface area contributed by atoms with Gasteiger partial charge in [0.2, 0.25) is 0 Å². The number of carboxylic acid groups (broad SMARTS) is 1. The molecule has 1 aromatic heterocycles. The first-order valence-electron chi connectivity index (χ1n) is 10.4. The molecule has 1 amide bonds. The summed E-state index contributed by atoms with van der Waals surface area (Å²) in [5.41, 5.74) is 1.81. The molecule has 168 valence electrons. The van der Waals surface area contributed by atoms with Crippen molar-refractivity contribution in [2.24, 2.45) is 5.92 Å². The Morgan fingerprint density at radius 3 is 2.66 bits per heavy atom. The SMILES string of the molecule is O=C(O)CC1CCC(NC(=O)c2cc(Cl)cc3cnn(Cc4ccc(I)c(F)c4)c23)CC1. The zero-order valence-electron chi connectivity index (χ0n) is 17.2. The number of carbonyl (C=O) groups excluding carboxylic acids is 1. The van der Waals surface area contributed by atoms with Crippen LogP contribution in [0.25, 0.3) is 10.9 Å². The Bertz CT molecular complexity index is 1170. The van der Waals surface area contributed by atoms with Crippen LogP contribution in [0.2, 0.25) is 5.02 Å². The topological polar surface area (TPSA) is 84.2 Å². The number of nitrogens with zero attached hydrogens (tertiary/aromatic N) is 2. The maximum Gasteiger partial charge on any atom is 0.303 e. The Morgan fingerprint density at radius 1 is 1.22 bits per heavy atom. The lowest BCUT2D eigenvalue weighted by Crippen LogP contribution is -2.38. The van der Waals surface area contributed by atoms with E-state index in [0.717, 1.165) is 36.6 Å². The van der Waals surface area contributed by atoms with Crippen LogP contribution in [0.3, 0.4) is 0 Å². The summed E-state index contributed by atoms with van der Waals surface area (Å²) < 4.78 is 16.2. The lowest BCUT2D eigenvalue weighted by molar-refractivity contribution is -0.138. The second-order valence-electron chi connectivity index (χ2n) is 8.23. The quantitative estimate of drug-likeness (QED) is 0.398. The lowest BCUT2D eigenvalue weighted by atomic mass is 9.84. The second kappa shape index (κ2) is 9.74. The third-order valence-electron chi connectivity index (χ3n) is 5.90. The van der Waals surface area contributed by atoms with E-state index in [-0.39, 0.29) is 30.1 Å². The van der Waals surface area contributed by atoms with Crippen molar-refractivity contribution >= 4 is 57.0 Å². The molecule has 2 N–H and O–H groups in total. The number of benzene rings is 2. The molecule has 1 heterocycles. The number of fused-ring (bicyclic) bond motifs is 1. The predicted molar refractivity (Wildman–Crippen MR) is 128 cm³/mol. The molecular formula is C23H22ClFIN3O3. The zero-order chi connectivity index (χ0) is 22.8. The Labute approximate surface area is 203 Å². The highest BCUT2D eigenvalue weighted by Gasteiger charge is 2.25. The van der Waals surface area contributed by atoms with Crippen LogP contribution < -0.4 is 5.32 Å². The minimum atomic E-state index is -0.778. The van der Waals surface area contributed by atoms with E-state index in [1.807, 2.05) is 28.7 Å². The maximum atomic E-state index is 14.0. The second-order valence-corrected chi connectivity index (χ2v) is 9.83. The minimum Gasteiger partial charge on any atom is -0.481 e. The number of rotatable bonds is 6. The van der Waals surface area contributed by atoms with Crippen molar-refractivity contribution in [3.8, 4) is 0 Å². The Morgan fingerprint density at radius 2 is 1.97 bits per heavy atom. The monoisotopic (exact) mass is 569 g/mol. The fourth-order valence-corrected chi connectivity index (χ4v) is 4.88. The van der Waals surface area contributed by atoms with Crippen LogP contribution in [0.15, 0.2) is 36.5 Å². The summed E-state index contributed by atoms with van der Waals surface area (Å²) in [5, 5.41) is 17.6. The standard InChI is InChI=1S/C23H22ClFIN3O3/c24-16-9-15-11-27-29(12-14-3-6-20(26)19(25)7-14)22(15)18(10-16)23(32)28-17-4-1-13(2-5-17)8-21(30)31/h3,6-7,9-11,13,17H,1-2,4-5,8,12H2,(H,28,32)(H,30,31). The van der Waals surface area contributed by atoms with Crippen LogP contribution in [-0.2, 0) is 11.3 Å². The Balaban J connectivity index is 1.55. The van der Waals surface area contributed by atoms with Crippen molar-refractivity contribution < 1.29 is 19.1 Å². The molecule has 0 atom stereocenters. The van der Waals surface area contributed by atoms with Gasteiger partial charge in [-0.25, -0.2) is 4.39 Å². The van der Waals surface area contributed by atoms with Gasteiger partial charge in [0.1, 0.15) is 5.82 Å². The molecule has 6 nitrogen and oxygen atoms in total. The first-order chi connectivity index (χ1) is 15.3. The Kier molecular flexibility index (Phi) is 6.99. The molecule has 1 aliphatic carbocycles. The number of aliphatic carboxylic acids is 1. The highest BCUT2D eigenvalue weighted by Crippen LogP contribution is 2.29. The number of hydrogen-bond donors (Lipinski definition) is 2. The fourth-order valence-electron chi connectivity index (χ4n) is 4.32. The van der Waals surface area contributed by atoms with Gasteiger partial charge in [0.25, 0.3) is 5.91 Å². The van der Waals surface area contributed by atoms with Gasteiger partial charge in [-0.2, -0.15) is 5.10 Å². The molecule has 4 rings (SSSR count). The summed E-state index contributed by atoms with van der Waals surface area (Å²) in [6.07, 6.45) is 4.87. The molecule has 1 fully saturated rings. The normalized spacial score (nSPS) is 18.6. The van der Waals surface area contributed by atoms with Crippen molar-refractivity contribution in [1.29, 1.82) is 0 Å². The van der Waals surface area contributed by atoms with Gasteiger partial charge in [-0.3, -0.25) is 14.3 Å². The number of aromatic nitrogens is 2. The van der Waals surface area contributed by atoms with Gasteiger partial charge in [-0.1, -0.05) is 17.7 Å². The van der Waals surface area contributed by atoms with E-state index < -0.39 is 5.97 Å². The first-order valence-corrected chi connectivity index (χ1v) is 11.9. The van der Waals surface area contributed by atoms with E-state index in [2.05, 4.69) is 10.4 Å². The third-order valence-corrected chi connectivity index (χ3v) is 7.00. The minimum absolute atomic E-state index is 0.0109. The molecule has 9 heteroatoms. The van der Waals surface area contributed by atoms with Crippen LogP contribution in [0, 0.1) is 15.3 Å². The van der Waals surface area contributed by atoms with Crippen LogP contribution in [0.1, 0.15) is 48.0 Å². The molecule has 2 aromatic carbocycles. The molecule has 0 unspecified atom stereocenters. The molecule has 3 aromatic rings. The van der Waals surface area contributed by atoms with E-state index >= 15 is 0 Å². The van der Waals surface area contributed by atoms with E-state index in [1.54, 1.807) is 29.1 Å². The van der Waals surface area contributed by atoms with Crippen LogP contribution >= 0.6 is 34.2 Å². The fraction of sp³-hybridized carbons (Fsp3) is 0.348. The number of hydrogen-bond acceptors (Lipinski definition) is 3. The lowest BCUT2D eigenvalue weighted by Gasteiger charge is -2.28. The van der Waals surface area contributed by atoms with Gasteiger partial charge in [-0.15, -0.1) is 0 Å². The van der Waals surface area contributed by atoms with E-state index in [1.165, 1.54) is 6.07 Å². The number of halogens is 3. The summed E-state index contributed by atoms with van der Waals surface area (Å²) in [4.78, 5) is 24.1. The molecular weight excluding hydrogens is 548 g/mol. The molecule has 0 spiro atoms. The number of amides is 1. The number of carbonyl (C=O) groups is 2. The summed E-state index contributed by atoms with van der Waals surface area (Å²) in [6.45, 7) is 0.319. The number of carboxylic acids is 1. The van der Waals surface area contributed by atoms with Crippen molar-refractivity contribution in [1.82, 2.24) is 15.1 Å². The molecule has 1 saturated carbocycles. The highest BCUT2D eigenvalue weighted by molar-refractivity contribution is 14.1. The zero-order valence-corrected chi connectivity index (χ0v) is 20.1. The van der Waals surface area contributed by atoms with E-state index in [9.17, 15) is 14.0 Å². The van der Waals surface area contributed by atoms with Crippen molar-refractivity contribution in [3.63, 3.8) is 0 Å². The molecule has 0 aliphatic heterocycles. The number of nitrogens with one attached hydrogen (secondary N) is 1. The van der Waals surface area contributed by atoms with Crippen LogP contribution in [-0.4, -0.2) is 32.8 Å². The van der Waals surface area contributed by atoms with Crippen LogP contribution in [0.4, 0.5) is 4.39 Å². The van der Waals surface area contributed by atoms with Gasteiger partial charge in [0, 0.05) is 26.4 Å². The summed E-state index contributed by atoms with van der Waals surface area (Å²) in [5.74, 6) is -1.15. The molecule has 1 aliphatic rings. The van der Waals surface area contributed by atoms with Gasteiger partial charge < -0.3 is 10.4 Å². The van der Waals surface area contributed by atoms with Gasteiger partial charge in [0.15, 0.2) is 0 Å². The van der Waals surface area contributed by atoms with E-state index in [0.29, 0.717) is 26.2 Å². The molecule has 32 heavy (non-hydrogen) atoms. The van der Waals surface area contributed by atoms with Crippen molar-refractivity contribution in [2.75, 3.05) is 0 Å². The maximum absolute atomic E-state index is 14.0. The molecule has 0 saturated heterocycles.